The second kappa shape index (κ2) is 7.49. The van der Waals surface area contributed by atoms with E-state index < -0.39 is 45.1 Å². The van der Waals surface area contributed by atoms with Crippen LogP contribution < -0.4 is 0 Å². The number of piperidine rings is 1. The zero-order chi connectivity index (χ0) is 20.6. The molecule has 11 heteroatoms. The number of aromatic nitrogens is 1. The van der Waals surface area contributed by atoms with E-state index in [4.69, 9.17) is 16.3 Å². The second-order valence-electron chi connectivity index (χ2n) is 7.23. The lowest BCUT2D eigenvalue weighted by atomic mass is 9.92. The van der Waals surface area contributed by atoms with Gasteiger partial charge in [-0.1, -0.05) is 11.6 Å². The van der Waals surface area contributed by atoms with Crippen LogP contribution in [0.5, 0.6) is 0 Å². The first-order chi connectivity index (χ1) is 12.3. The number of amides is 1. The molecule has 0 spiro atoms. The number of halogens is 4. The minimum absolute atomic E-state index is 0.0955. The first-order valence-electron chi connectivity index (χ1n) is 8.19. The van der Waals surface area contributed by atoms with Gasteiger partial charge in [0.25, 0.3) is 5.69 Å². The standard InChI is InChI=1S/C16H19ClF3N3O4/c1-15(2,3)27-14(24)22-6-4-9(5-7-22)12-11(23(25)26)8-10(13(17)21-12)16(18,19)20/h8-9H,4-7H2,1-3H3. The number of nitro groups is 1. The molecule has 2 heterocycles. The van der Waals surface area contributed by atoms with Crippen molar-refractivity contribution < 1.29 is 27.6 Å². The van der Waals surface area contributed by atoms with E-state index in [0.717, 1.165) is 0 Å². The molecule has 0 radical (unpaired) electrons. The molecule has 1 aromatic rings. The van der Waals surface area contributed by atoms with Crippen LogP contribution in [0.15, 0.2) is 6.07 Å². The highest BCUT2D eigenvalue weighted by atomic mass is 35.5. The van der Waals surface area contributed by atoms with Crippen LogP contribution in [0.1, 0.15) is 50.8 Å². The van der Waals surface area contributed by atoms with Gasteiger partial charge in [-0.15, -0.1) is 0 Å². The predicted octanol–water partition coefficient (Wildman–Crippen LogP) is 4.78. The maximum Gasteiger partial charge on any atom is 0.419 e. The van der Waals surface area contributed by atoms with Crippen LogP contribution in [-0.4, -0.2) is 39.6 Å². The summed E-state index contributed by atoms with van der Waals surface area (Å²) in [6, 6.07) is 0.422. The molecule has 1 saturated heterocycles. The van der Waals surface area contributed by atoms with Crippen LogP contribution in [0.3, 0.4) is 0 Å². The predicted molar refractivity (Wildman–Crippen MR) is 90.7 cm³/mol. The molecule has 0 N–H and O–H groups in total. The molecule has 0 aliphatic carbocycles. The maximum atomic E-state index is 12.9. The van der Waals surface area contributed by atoms with Crippen molar-refractivity contribution in [3.05, 3.63) is 32.6 Å². The van der Waals surface area contributed by atoms with E-state index in [1.165, 1.54) is 4.90 Å². The Bertz CT molecular complexity index is 742. The van der Waals surface area contributed by atoms with Gasteiger partial charge < -0.3 is 9.64 Å². The van der Waals surface area contributed by atoms with Crippen LogP contribution in [-0.2, 0) is 10.9 Å². The van der Waals surface area contributed by atoms with Gasteiger partial charge in [-0.3, -0.25) is 10.1 Å². The fraction of sp³-hybridized carbons (Fsp3) is 0.625. The number of carbonyl (C=O) groups excluding carboxylic acids is 1. The summed E-state index contributed by atoms with van der Waals surface area (Å²) in [6.07, 6.45) is -4.74. The Labute approximate surface area is 158 Å². The minimum atomic E-state index is -4.84. The average molecular weight is 410 g/mol. The second-order valence-corrected chi connectivity index (χ2v) is 7.59. The fourth-order valence-corrected chi connectivity index (χ4v) is 3.05. The van der Waals surface area contributed by atoms with Crippen molar-refractivity contribution in [3.63, 3.8) is 0 Å². The molecular formula is C16H19ClF3N3O4. The largest absolute Gasteiger partial charge is 0.444 e. The molecule has 150 valence electrons. The van der Waals surface area contributed by atoms with Crippen molar-refractivity contribution in [2.24, 2.45) is 0 Å². The number of ether oxygens (including phenoxy) is 1. The molecular weight excluding hydrogens is 391 g/mol. The van der Waals surface area contributed by atoms with Gasteiger partial charge in [0.15, 0.2) is 0 Å². The summed E-state index contributed by atoms with van der Waals surface area (Å²) in [5, 5.41) is 10.4. The quantitative estimate of drug-likeness (QED) is 0.398. The van der Waals surface area contributed by atoms with Gasteiger partial charge in [-0.2, -0.15) is 13.2 Å². The molecule has 0 atom stereocenters. The first kappa shape index (κ1) is 21.2. The topological polar surface area (TPSA) is 85.6 Å². The SMILES string of the molecule is CC(C)(C)OC(=O)N1CCC(c2nc(Cl)c(C(F)(F)F)cc2[N+](=O)[O-])CC1. The Morgan fingerprint density at radius 3 is 2.33 bits per heavy atom. The Morgan fingerprint density at radius 2 is 1.89 bits per heavy atom. The Morgan fingerprint density at radius 1 is 1.33 bits per heavy atom. The number of hydrogen-bond donors (Lipinski definition) is 0. The van der Waals surface area contributed by atoms with E-state index in [2.05, 4.69) is 4.98 Å². The van der Waals surface area contributed by atoms with Gasteiger partial charge >= 0.3 is 12.3 Å². The summed E-state index contributed by atoms with van der Waals surface area (Å²) in [6.45, 7) is 5.69. The Balaban J connectivity index is 2.22. The number of carbonyl (C=O) groups is 1. The molecule has 0 unspecified atom stereocenters. The summed E-state index contributed by atoms with van der Waals surface area (Å²) >= 11 is 5.62. The van der Waals surface area contributed by atoms with Crippen molar-refractivity contribution in [2.75, 3.05) is 13.1 Å². The number of nitrogens with zero attached hydrogens (tertiary/aromatic N) is 3. The van der Waals surface area contributed by atoms with E-state index in [0.29, 0.717) is 18.9 Å². The van der Waals surface area contributed by atoms with Gasteiger partial charge in [0.05, 0.1) is 10.5 Å². The van der Waals surface area contributed by atoms with Gasteiger partial charge in [0.2, 0.25) is 0 Å². The number of hydrogen-bond acceptors (Lipinski definition) is 5. The number of alkyl halides is 3. The smallest absolute Gasteiger partial charge is 0.419 e. The summed E-state index contributed by atoms with van der Waals surface area (Å²) in [4.78, 5) is 27.6. The zero-order valence-corrected chi connectivity index (χ0v) is 15.7. The summed E-state index contributed by atoms with van der Waals surface area (Å²) in [5.41, 5.74) is -2.81. The van der Waals surface area contributed by atoms with Crippen LogP contribution in [0.4, 0.5) is 23.7 Å². The van der Waals surface area contributed by atoms with E-state index in [1.54, 1.807) is 20.8 Å². The minimum Gasteiger partial charge on any atom is -0.444 e. The molecule has 1 aliphatic rings. The third-order valence-electron chi connectivity index (χ3n) is 4.02. The van der Waals surface area contributed by atoms with Crippen LogP contribution in [0, 0.1) is 10.1 Å². The lowest BCUT2D eigenvalue weighted by molar-refractivity contribution is -0.386. The molecule has 0 bridgehead atoms. The van der Waals surface area contributed by atoms with Crippen LogP contribution in [0.2, 0.25) is 5.15 Å². The third-order valence-corrected chi connectivity index (χ3v) is 4.31. The third kappa shape index (κ3) is 5.21. The van der Waals surface area contributed by atoms with Crippen molar-refractivity contribution >= 4 is 23.4 Å². The Hall–Kier alpha value is -2.10. The molecule has 27 heavy (non-hydrogen) atoms. The summed E-state index contributed by atoms with van der Waals surface area (Å²) in [5.74, 6) is -0.483. The number of likely N-dealkylation sites (tertiary alicyclic amines) is 1. The molecule has 1 aromatic heterocycles. The highest BCUT2D eigenvalue weighted by molar-refractivity contribution is 6.30. The van der Waals surface area contributed by atoms with Crippen molar-refractivity contribution in [2.45, 2.75) is 51.3 Å². The normalized spacial score (nSPS) is 16.3. The number of pyridine rings is 1. The Kier molecular flexibility index (Phi) is 5.88. The molecule has 2 rings (SSSR count). The molecule has 1 aliphatic heterocycles. The van der Waals surface area contributed by atoms with Crippen molar-refractivity contribution in [1.29, 1.82) is 0 Å². The number of rotatable bonds is 2. The monoisotopic (exact) mass is 409 g/mol. The van der Waals surface area contributed by atoms with E-state index in [9.17, 15) is 28.1 Å². The molecule has 0 aromatic carbocycles. The first-order valence-corrected chi connectivity index (χ1v) is 8.57. The van der Waals surface area contributed by atoms with Crippen molar-refractivity contribution in [3.8, 4) is 0 Å². The summed E-state index contributed by atoms with van der Waals surface area (Å²) in [7, 11) is 0. The zero-order valence-electron chi connectivity index (χ0n) is 15.0. The van der Waals surface area contributed by atoms with Crippen LogP contribution in [0.25, 0.3) is 0 Å². The van der Waals surface area contributed by atoms with Gasteiger partial charge in [0, 0.05) is 25.1 Å². The highest BCUT2D eigenvalue weighted by Gasteiger charge is 2.39. The van der Waals surface area contributed by atoms with E-state index in [-0.39, 0.29) is 18.8 Å². The lowest BCUT2D eigenvalue weighted by Crippen LogP contribution is -2.41. The van der Waals surface area contributed by atoms with Gasteiger partial charge in [-0.25, -0.2) is 9.78 Å². The van der Waals surface area contributed by atoms with E-state index in [1.807, 2.05) is 0 Å². The van der Waals surface area contributed by atoms with Crippen molar-refractivity contribution in [1.82, 2.24) is 9.88 Å². The van der Waals surface area contributed by atoms with Crippen LogP contribution >= 0.6 is 11.6 Å². The van der Waals surface area contributed by atoms with E-state index >= 15 is 0 Å². The summed E-state index contributed by atoms with van der Waals surface area (Å²) < 4.78 is 44.1. The molecule has 0 saturated carbocycles. The average Bonchev–Trinajstić information content (AvgIpc) is 2.51. The van der Waals surface area contributed by atoms with Gasteiger partial charge in [0.1, 0.15) is 16.4 Å². The highest BCUT2D eigenvalue weighted by Crippen LogP contribution is 2.40. The fourth-order valence-electron chi connectivity index (χ4n) is 2.80. The molecule has 1 amide bonds. The maximum absolute atomic E-state index is 12.9. The molecule has 1 fully saturated rings. The van der Waals surface area contributed by atoms with Gasteiger partial charge in [-0.05, 0) is 33.6 Å². The molecule has 7 nitrogen and oxygen atoms in total. The lowest BCUT2D eigenvalue weighted by Gasteiger charge is -2.33.